The van der Waals surface area contributed by atoms with E-state index in [9.17, 15) is 19.2 Å². The van der Waals surface area contributed by atoms with Crippen molar-refractivity contribution in [3.05, 3.63) is 191 Å². The van der Waals surface area contributed by atoms with Crippen LogP contribution in [0.2, 0.25) is 0 Å². The number of amides is 3. The number of methoxy groups -OCH3 is 1. The number of nitrogens with one attached hydrogen (secondary N) is 3. The van der Waals surface area contributed by atoms with Crippen LogP contribution < -0.4 is 25.4 Å². The number of rotatable bonds is 17. The van der Waals surface area contributed by atoms with E-state index in [0.717, 1.165) is 38.9 Å². The number of fused-ring (bicyclic) bond motifs is 3. The Bertz CT molecular complexity index is 2320. The fraction of sp³-hybridized carbons (Fsp3) is 0.200. The molecule has 6 aromatic rings. The molecule has 1 atom stereocenters. The maximum Gasteiger partial charge on any atom is 0.407 e. The maximum atomic E-state index is 14.3. The highest BCUT2D eigenvalue weighted by Gasteiger charge is 2.38. The third kappa shape index (κ3) is 9.57. The largest absolute Gasteiger partial charge is 0.496 e. The molecule has 7 rings (SSSR count). The molecular weight excluding hydrogens is 771 g/mol. The number of likely N-dealkylation sites (N-methyl/N-ethyl adjacent to an activating group) is 1. The van der Waals surface area contributed by atoms with Crippen LogP contribution in [0.4, 0.5) is 4.79 Å². The van der Waals surface area contributed by atoms with Crippen molar-refractivity contribution in [3.63, 3.8) is 0 Å². The van der Waals surface area contributed by atoms with Crippen LogP contribution in [0.1, 0.15) is 52.1 Å². The molecule has 61 heavy (non-hydrogen) atoms. The van der Waals surface area contributed by atoms with E-state index < -0.39 is 23.6 Å². The van der Waals surface area contributed by atoms with E-state index in [4.69, 9.17) is 18.9 Å². The third-order valence-electron chi connectivity index (χ3n) is 10.8. The highest BCUT2D eigenvalue weighted by Crippen LogP contribution is 2.44. The van der Waals surface area contributed by atoms with Crippen LogP contribution in [0.25, 0.3) is 11.1 Å². The SMILES string of the molecule is CNC(=O)COc1ccc(COC(=O)[C@@H](CCC(=O)NC(c2ccccc2)(c2ccccc2)c2ccccc2)NC(=O)OCC2c3ccccc3-c3ccccc32)c(OC)c1. The molecule has 6 aromatic carbocycles. The standard InChI is InChI=1S/C50H47N3O8/c1-51-47(55)33-59-38-27-26-34(45(30-38)58-2)31-60-48(56)44(52-49(57)61-32-43-41-24-14-12-22-39(41)40-23-13-15-25-42(40)43)28-29-46(54)53-50(35-16-6-3-7-17-35,36-18-8-4-9-19-36)37-20-10-5-11-21-37/h3-27,30,43-44H,28-29,31-33H2,1-2H3,(H,51,55)(H,52,57)(H,53,54)/t44-/m1/s1. The molecule has 1 aliphatic carbocycles. The Morgan fingerprint density at radius 1 is 0.656 bits per heavy atom. The Morgan fingerprint density at radius 2 is 1.20 bits per heavy atom. The van der Waals surface area contributed by atoms with E-state index in [2.05, 4.69) is 16.0 Å². The number of carbonyl (C=O) groups excluding carboxylic acids is 4. The van der Waals surface area contributed by atoms with Crippen molar-refractivity contribution in [2.75, 3.05) is 27.4 Å². The summed E-state index contributed by atoms with van der Waals surface area (Å²) in [6.45, 7) is -0.374. The first kappa shape index (κ1) is 41.7. The molecule has 0 aliphatic heterocycles. The first-order valence-electron chi connectivity index (χ1n) is 20.1. The van der Waals surface area contributed by atoms with E-state index in [1.807, 2.05) is 140 Å². The van der Waals surface area contributed by atoms with Gasteiger partial charge in [-0.15, -0.1) is 0 Å². The zero-order chi connectivity index (χ0) is 42.6. The van der Waals surface area contributed by atoms with Crippen molar-refractivity contribution < 1.29 is 38.1 Å². The van der Waals surface area contributed by atoms with E-state index >= 15 is 0 Å². The van der Waals surface area contributed by atoms with Crippen LogP contribution in [0.3, 0.4) is 0 Å². The predicted molar refractivity (Wildman–Crippen MR) is 231 cm³/mol. The second-order valence-electron chi connectivity index (χ2n) is 14.5. The topological polar surface area (TPSA) is 141 Å². The Hall–Kier alpha value is -7.40. The first-order valence-corrected chi connectivity index (χ1v) is 20.1. The minimum atomic E-state index is -1.26. The minimum Gasteiger partial charge on any atom is -0.496 e. The van der Waals surface area contributed by atoms with Gasteiger partial charge < -0.3 is 34.9 Å². The van der Waals surface area contributed by atoms with E-state index in [1.165, 1.54) is 14.2 Å². The summed E-state index contributed by atoms with van der Waals surface area (Å²) < 4.78 is 22.7. The van der Waals surface area contributed by atoms with Crippen molar-refractivity contribution >= 4 is 23.9 Å². The van der Waals surface area contributed by atoms with Gasteiger partial charge in [0, 0.05) is 31.0 Å². The average Bonchev–Trinajstić information content (AvgIpc) is 3.64. The number of alkyl carbamates (subject to hydrolysis) is 1. The average molecular weight is 818 g/mol. The molecule has 0 radical (unpaired) electrons. The van der Waals surface area contributed by atoms with Crippen LogP contribution in [0, 0.1) is 0 Å². The molecule has 3 N–H and O–H groups in total. The van der Waals surface area contributed by atoms with Gasteiger partial charge in [-0.1, -0.05) is 140 Å². The van der Waals surface area contributed by atoms with Crippen LogP contribution in [0.5, 0.6) is 11.5 Å². The van der Waals surface area contributed by atoms with Crippen LogP contribution >= 0.6 is 0 Å². The van der Waals surface area contributed by atoms with Gasteiger partial charge in [0.2, 0.25) is 5.91 Å². The Morgan fingerprint density at radius 3 is 1.74 bits per heavy atom. The molecule has 0 spiro atoms. The lowest BCUT2D eigenvalue weighted by Gasteiger charge is -2.37. The van der Waals surface area contributed by atoms with Crippen LogP contribution in [-0.4, -0.2) is 57.3 Å². The van der Waals surface area contributed by atoms with Crippen molar-refractivity contribution in [1.29, 1.82) is 0 Å². The highest BCUT2D eigenvalue weighted by molar-refractivity contribution is 5.84. The summed E-state index contributed by atoms with van der Waals surface area (Å²) in [7, 11) is 2.98. The van der Waals surface area contributed by atoms with Gasteiger partial charge in [-0.3, -0.25) is 9.59 Å². The fourth-order valence-electron chi connectivity index (χ4n) is 7.76. The molecule has 11 nitrogen and oxygen atoms in total. The van der Waals surface area contributed by atoms with Crippen molar-refractivity contribution in [2.45, 2.75) is 36.9 Å². The lowest BCUT2D eigenvalue weighted by atomic mass is 9.77. The van der Waals surface area contributed by atoms with Crippen molar-refractivity contribution in [2.24, 2.45) is 0 Å². The molecule has 0 fully saturated rings. The maximum absolute atomic E-state index is 14.3. The molecule has 1 aliphatic rings. The number of benzene rings is 6. The smallest absolute Gasteiger partial charge is 0.407 e. The lowest BCUT2D eigenvalue weighted by Crippen LogP contribution is -2.48. The Kier molecular flexibility index (Phi) is 13.4. The minimum absolute atomic E-state index is 0.0292. The fourth-order valence-corrected chi connectivity index (χ4v) is 7.76. The van der Waals surface area contributed by atoms with Crippen molar-refractivity contribution in [3.8, 4) is 22.6 Å². The predicted octanol–water partition coefficient (Wildman–Crippen LogP) is 7.66. The van der Waals surface area contributed by atoms with Crippen LogP contribution in [-0.2, 0) is 36.0 Å². The van der Waals surface area contributed by atoms with Gasteiger partial charge in [0.1, 0.15) is 36.3 Å². The van der Waals surface area contributed by atoms with Gasteiger partial charge in [0.05, 0.1) is 7.11 Å². The molecular formula is C50H47N3O8. The summed E-state index contributed by atoms with van der Waals surface area (Å²) >= 11 is 0. The number of carbonyl (C=O) groups is 4. The molecule has 310 valence electrons. The summed E-state index contributed by atoms with van der Waals surface area (Å²) in [6, 6.07) is 48.7. The van der Waals surface area contributed by atoms with Crippen molar-refractivity contribution in [1.82, 2.24) is 16.0 Å². The summed E-state index contributed by atoms with van der Waals surface area (Å²) in [5, 5.41) is 8.52. The van der Waals surface area contributed by atoms with Crippen LogP contribution in [0.15, 0.2) is 158 Å². The molecule has 0 unspecified atom stereocenters. The summed E-state index contributed by atoms with van der Waals surface area (Å²) in [5.74, 6) is -0.893. The number of hydrogen-bond donors (Lipinski definition) is 3. The second kappa shape index (κ2) is 19.6. The van der Waals surface area contributed by atoms with E-state index in [-0.39, 0.29) is 50.4 Å². The summed E-state index contributed by atoms with van der Waals surface area (Å²) in [5.41, 5.74) is 6.21. The first-order chi connectivity index (χ1) is 29.8. The molecule has 0 heterocycles. The second-order valence-corrected chi connectivity index (χ2v) is 14.5. The highest BCUT2D eigenvalue weighted by atomic mass is 16.6. The summed E-state index contributed by atoms with van der Waals surface area (Å²) in [6.07, 6.45) is -1.09. The van der Waals surface area contributed by atoms with Gasteiger partial charge in [-0.05, 0) is 57.5 Å². The van der Waals surface area contributed by atoms with Gasteiger partial charge in [0.15, 0.2) is 6.61 Å². The third-order valence-corrected chi connectivity index (χ3v) is 10.8. The molecule has 0 bridgehead atoms. The number of hydrogen-bond acceptors (Lipinski definition) is 8. The Labute approximate surface area is 355 Å². The molecule has 0 aromatic heterocycles. The monoisotopic (exact) mass is 817 g/mol. The van der Waals surface area contributed by atoms with E-state index in [1.54, 1.807) is 18.2 Å². The normalized spacial score (nSPS) is 12.2. The molecule has 3 amide bonds. The lowest BCUT2D eigenvalue weighted by molar-refractivity contribution is -0.147. The molecule has 0 saturated heterocycles. The molecule has 11 heteroatoms. The van der Waals surface area contributed by atoms with Gasteiger partial charge in [-0.2, -0.15) is 0 Å². The van der Waals surface area contributed by atoms with E-state index in [0.29, 0.717) is 17.1 Å². The zero-order valence-electron chi connectivity index (χ0n) is 34.0. The Balaban J connectivity index is 1.10. The van der Waals surface area contributed by atoms with Gasteiger partial charge in [0.25, 0.3) is 5.91 Å². The van der Waals surface area contributed by atoms with Gasteiger partial charge in [-0.25, -0.2) is 9.59 Å². The zero-order valence-corrected chi connectivity index (χ0v) is 34.0. The van der Waals surface area contributed by atoms with Gasteiger partial charge >= 0.3 is 12.1 Å². The number of ether oxygens (including phenoxy) is 4. The molecule has 0 saturated carbocycles. The summed E-state index contributed by atoms with van der Waals surface area (Å²) in [4.78, 5) is 53.5. The number of esters is 1. The quantitative estimate of drug-likeness (QED) is 0.0630.